The van der Waals surface area contributed by atoms with E-state index in [1.165, 1.54) is 0 Å². The van der Waals surface area contributed by atoms with Crippen molar-refractivity contribution in [3.8, 4) is 0 Å². The van der Waals surface area contributed by atoms with Gasteiger partial charge in [0.15, 0.2) is 0 Å². The van der Waals surface area contributed by atoms with Crippen molar-refractivity contribution in [3.05, 3.63) is 0 Å². The first-order valence-corrected chi connectivity index (χ1v) is 7.36. The first-order chi connectivity index (χ1) is 9.10. The molecule has 0 unspecified atom stereocenters. The van der Waals surface area contributed by atoms with Crippen LogP contribution >= 0.6 is 0 Å². The highest BCUT2D eigenvalue weighted by Crippen LogP contribution is 2.04. The Labute approximate surface area is 116 Å². The van der Waals surface area contributed by atoms with Crippen LogP contribution in [0.2, 0.25) is 0 Å². The van der Waals surface area contributed by atoms with Crippen LogP contribution in [-0.4, -0.2) is 72.8 Å². The Morgan fingerprint density at radius 3 is 2.16 bits per heavy atom. The molecule has 110 valence electrons. The van der Waals surface area contributed by atoms with Crippen molar-refractivity contribution in [2.45, 2.75) is 33.1 Å². The van der Waals surface area contributed by atoms with Crippen LogP contribution in [0.15, 0.2) is 0 Å². The summed E-state index contributed by atoms with van der Waals surface area (Å²) in [5, 5.41) is 0. The minimum Gasteiger partial charge on any atom is -0.334 e. The first-order valence-electron chi connectivity index (χ1n) is 7.36. The largest absolute Gasteiger partial charge is 0.334 e. The monoisotopic (exact) mass is 269 g/mol. The number of unbranched alkanes of at least 4 members (excludes halogenated alkanes) is 1. The molecule has 1 fully saturated rings. The average molecular weight is 269 g/mol. The highest BCUT2D eigenvalue weighted by Gasteiger charge is 2.28. The average Bonchev–Trinajstić information content (AvgIpc) is 2.42. The molecule has 0 spiro atoms. The highest BCUT2D eigenvalue weighted by atomic mass is 16.2. The fourth-order valence-electron chi connectivity index (χ4n) is 2.21. The quantitative estimate of drug-likeness (QED) is 0.693. The lowest BCUT2D eigenvalue weighted by atomic mass is 10.2. The van der Waals surface area contributed by atoms with Gasteiger partial charge in [-0.3, -0.25) is 9.59 Å². The van der Waals surface area contributed by atoms with Gasteiger partial charge in [0, 0.05) is 39.3 Å². The van der Waals surface area contributed by atoms with Crippen molar-refractivity contribution in [1.82, 2.24) is 14.7 Å². The zero-order valence-electron chi connectivity index (χ0n) is 12.5. The summed E-state index contributed by atoms with van der Waals surface area (Å²) in [6, 6.07) is 0. The number of amides is 2. The molecule has 2 amide bonds. The van der Waals surface area contributed by atoms with Crippen LogP contribution in [0.25, 0.3) is 0 Å². The van der Waals surface area contributed by atoms with Crippen molar-refractivity contribution in [1.29, 1.82) is 0 Å². The lowest BCUT2D eigenvalue weighted by molar-refractivity contribution is -0.152. The fourth-order valence-corrected chi connectivity index (χ4v) is 2.21. The van der Waals surface area contributed by atoms with Crippen LogP contribution < -0.4 is 0 Å². The second kappa shape index (κ2) is 8.15. The standard InChI is InChI=1S/C14H27N3O2/c1-4-6-8-16(7-5-2)13(18)14(19)17-11-9-15(3)10-12-17/h4-12H2,1-3H3. The van der Waals surface area contributed by atoms with Crippen LogP contribution in [0.4, 0.5) is 0 Å². The van der Waals surface area contributed by atoms with Gasteiger partial charge >= 0.3 is 11.8 Å². The molecule has 1 aliphatic rings. The summed E-state index contributed by atoms with van der Waals surface area (Å²) in [4.78, 5) is 30.0. The third-order valence-corrected chi connectivity index (χ3v) is 3.54. The Hall–Kier alpha value is -1.10. The molecule has 0 aromatic rings. The Morgan fingerprint density at radius 2 is 1.63 bits per heavy atom. The third-order valence-electron chi connectivity index (χ3n) is 3.54. The molecule has 0 atom stereocenters. The summed E-state index contributed by atoms with van der Waals surface area (Å²) in [5.41, 5.74) is 0. The van der Waals surface area contributed by atoms with Gasteiger partial charge in [-0.05, 0) is 19.9 Å². The normalized spacial score (nSPS) is 16.5. The van der Waals surface area contributed by atoms with Gasteiger partial charge in [0.1, 0.15) is 0 Å². The van der Waals surface area contributed by atoms with E-state index < -0.39 is 0 Å². The van der Waals surface area contributed by atoms with Gasteiger partial charge in [0.2, 0.25) is 0 Å². The topological polar surface area (TPSA) is 43.9 Å². The molecule has 0 bridgehead atoms. The number of hydrogen-bond donors (Lipinski definition) is 0. The first kappa shape index (κ1) is 16.0. The zero-order chi connectivity index (χ0) is 14.3. The molecule has 0 aromatic carbocycles. The summed E-state index contributed by atoms with van der Waals surface area (Å²) < 4.78 is 0. The van der Waals surface area contributed by atoms with Crippen LogP contribution in [-0.2, 0) is 9.59 Å². The van der Waals surface area contributed by atoms with Crippen LogP contribution in [0, 0.1) is 0 Å². The molecule has 1 aliphatic heterocycles. The minimum atomic E-state index is -0.322. The lowest BCUT2D eigenvalue weighted by Crippen LogP contribution is -2.52. The maximum absolute atomic E-state index is 12.2. The molecule has 1 rings (SSSR count). The van der Waals surface area contributed by atoms with Crippen molar-refractivity contribution in [2.75, 3.05) is 46.3 Å². The Balaban J connectivity index is 2.54. The zero-order valence-corrected chi connectivity index (χ0v) is 12.5. The summed E-state index contributed by atoms with van der Waals surface area (Å²) in [6.07, 6.45) is 2.89. The van der Waals surface area contributed by atoms with Crippen molar-refractivity contribution < 1.29 is 9.59 Å². The van der Waals surface area contributed by atoms with Gasteiger partial charge in [0.25, 0.3) is 0 Å². The van der Waals surface area contributed by atoms with Crippen molar-refractivity contribution in [3.63, 3.8) is 0 Å². The van der Waals surface area contributed by atoms with Gasteiger partial charge in [-0.1, -0.05) is 20.3 Å². The van der Waals surface area contributed by atoms with Gasteiger partial charge in [-0.15, -0.1) is 0 Å². The molecular weight excluding hydrogens is 242 g/mol. The summed E-state index contributed by atoms with van der Waals surface area (Å²) in [6.45, 7) is 8.53. The molecule has 1 saturated heterocycles. The maximum atomic E-state index is 12.2. The van der Waals surface area contributed by atoms with E-state index in [2.05, 4.69) is 11.8 Å². The Kier molecular flexibility index (Phi) is 6.84. The SMILES string of the molecule is CCCCN(CCC)C(=O)C(=O)N1CCN(C)CC1. The maximum Gasteiger partial charge on any atom is 0.312 e. The number of carbonyl (C=O) groups excluding carboxylic acids is 2. The number of hydrogen-bond acceptors (Lipinski definition) is 3. The van der Waals surface area contributed by atoms with Gasteiger partial charge < -0.3 is 14.7 Å². The van der Waals surface area contributed by atoms with E-state index in [4.69, 9.17) is 0 Å². The smallest absolute Gasteiger partial charge is 0.312 e. The number of nitrogens with zero attached hydrogens (tertiary/aromatic N) is 3. The molecule has 0 radical (unpaired) electrons. The van der Waals surface area contributed by atoms with Gasteiger partial charge in [-0.2, -0.15) is 0 Å². The summed E-state index contributed by atoms with van der Waals surface area (Å²) >= 11 is 0. The summed E-state index contributed by atoms with van der Waals surface area (Å²) in [5.74, 6) is -0.641. The molecule has 0 N–H and O–H groups in total. The van der Waals surface area contributed by atoms with E-state index in [1.807, 2.05) is 14.0 Å². The van der Waals surface area contributed by atoms with E-state index in [0.717, 1.165) is 32.4 Å². The predicted molar refractivity (Wildman–Crippen MR) is 75.9 cm³/mol. The molecule has 5 heteroatoms. The number of carbonyl (C=O) groups is 2. The second-order valence-electron chi connectivity index (χ2n) is 5.24. The van der Waals surface area contributed by atoms with E-state index >= 15 is 0 Å². The van der Waals surface area contributed by atoms with Crippen LogP contribution in [0.3, 0.4) is 0 Å². The molecule has 19 heavy (non-hydrogen) atoms. The van der Waals surface area contributed by atoms with Crippen LogP contribution in [0.5, 0.6) is 0 Å². The summed E-state index contributed by atoms with van der Waals surface area (Å²) in [7, 11) is 2.04. The van der Waals surface area contributed by atoms with Crippen molar-refractivity contribution >= 4 is 11.8 Å². The molecule has 0 aliphatic carbocycles. The molecule has 5 nitrogen and oxygen atoms in total. The number of rotatable bonds is 5. The van der Waals surface area contributed by atoms with Crippen molar-refractivity contribution in [2.24, 2.45) is 0 Å². The van der Waals surface area contributed by atoms with E-state index in [1.54, 1.807) is 9.80 Å². The van der Waals surface area contributed by atoms with Gasteiger partial charge in [-0.25, -0.2) is 0 Å². The third kappa shape index (κ3) is 4.82. The molecule has 0 aromatic heterocycles. The predicted octanol–water partition coefficient (Wildman–Crippen LogP) is 0.799. The fraction of sp³-hybridized carbons (Fsp3) is 0.857. The molecular formula is C14H27N3O2. The number of piperazine rings is 1. The lowest BCUT2D eigenvalue weighted by Gasteiger charge is -2.33. The Bertz CT molecular complexity index is 299. The minimum absolute atomic E-state index is 0.320. The second-order valence-corrected chi connectivity index (χ2v) is 5.24. The molecule has 1 heterocycles. The highest BCUT2D eigenvalue weighted by molar-refractivity contribution is 6.34. The van der Waals surface area contributed by atoms with E-state index in [0.29, 0.717) is 26.2 Å². The van der Waals surface area contributed by atoms with Crippen LogP contribution in [0.1, 0.15) is 33.1 Å². The Morgan fingerprint density at radius 1 is 1.00 bits per heavy atom. The number of likely N-dealkylation sites (N-methyl/N-ethyl adjacent to an activating group) is 1. The molecule has 0 saturated carbocycles. The van der Waals surface area contributed by atoms with E-state index in [9.17, 15) is 9.59 Å². The van der Waals surface area contributed by atoms with E-state index in [-0.39, 0.29) is 11.8 Å². The van der Waals surface area contributed by atoms with Gasteiger partial charge in [0.05, 0.1) is 0 Å².